The molecule has 2 N–H and O–H groups in total. The van der Waals surface area contributed by atoms with Gasteiger partial charge >= 0.3 is 5.97 Å². The summed E-state index contributed by atoms with van der Waals surface area (Å²) < 4.78 is 27.1. The lowest BCUT2D eigenvalue weighted by atomic mass is 9.90. The van der Waals surface area contributed by atoms with Gasteiger partial charge in [-0.15, -0.1) is 0 Å². The van der Waals surface area contributed by atoms with Crippen LogP contribution in [-0.2, 0) is 20.4 Å². The van der Waals surface area contributed by atoms with E-state index in [4.69, 9.17) is 5.11 Å². The third-order valence-electron chi connectivity index (χ3n) is 3.13. The summed E-state index contributed by atoms with van der Waals surface area (Å²) in [6, 6.07) is 6.96. The van der Waals surface area contributed by atoms with Crippen LogP contribution in [-0.4, -0.2) is 24.2 Å². The van der Waals surface area contributed by atoms with Gasteiger partial charge in [-0.3, -0.25) is 4.79 Å². The maximum Gasteiger partial charge on any atom is 0.305 e. The zero-order valence-corrected chi connectivity index (χ0v) is 14.9. The van der Waals surface area contributed by atoms with E-state index in [0.29, 0.717) is 5.56 Å². The molecule has 1 unspecified atom stereocenters. The summed E-state index contributed by atoms with van der Waals surface area (Å²) in [6.07, 6.45) is -0.348. The fourth-order valence-corrected chi connectivity index (χ4v) is 3.27. The lowest BCUT2D eigenvalue weighted by molar-refractivity contribution is -0.138. The van der Waals surface area contributed by atoms with Crippen molar-refractivity contribution in [3.8, 4) is 0 Å². The molecule has 5 nitrogen and oxygen atoms in total. The van der Waals surface area contributed by atoms with Gasteiger partial charge in [0.2, 0.25) is 10.0 Å². The van der Waals surface area contributed by atoms with Gasteiger partial charge in [0.25, 0.3) is 0 Å². The van der Waals surface area contributed by atoms with Crippen LogP contribution in [0.4, 0.5) is 0 Å². The number of aliphatic carboxylic acids is 1. The Hall–Kier alpha value is -0.920. The van der Waals surface area contributed by atoms with Gasteiger partial charge in [-0.25, -0.2) is 13.1 Å². The van der Waals surface area contributed by atoms with Crippen LogP contribution in [0.1, 0.15) is 39.7 Å². The summed E-state index contributed by atoms with van der Waals surface area (Å²) in [5, 5.41) is 9.13. The molecule has 118 valence electrons. The molecule has 0 bridgehead atoms. The van der Waals surface area contributed by atoms with E-state index < -0.39 is 26.3 Å². The number of halogens is 1. The van der Waals surface area contributed by atoms with E-state index in [1.807, 2.05) is 0 Å². The highest BCUT2D eigenvalue weighted by molar-refractivity contribution is 9.10. The second-order valence-corrected chi connectivity index (χ2v) is 9.48. The van der Waals surface area contributed by atoms with Crippen molar-refractivity contribution < 1.29 is 18.3 Å². The number of carbonyl (C=O) groups is 1. The molecule has 1 aromatic rings. The zero-order chi connectivity index (χ0) is 16.5. The molecular weight excluding hydrogens is 358 g/mol. The Morgan fingerprint density at radius 1 is 1.29 bits per heavy atom. The predicted octanol–water partition coefficient (Wildman–Crippen LogP) is 2.86. The van der Waals surface area contributed by atoms with Crippen LogP contribution in [0.2, 0.25) is 0 Å². The van der Waals surface area contributed by atoms with E-state index in [1.54, 1.807) is 52.0 Å². The molecule has 0 saturated heterocycles. The predicted molar refractivity (Wildman–Crippen MR) is 85.6 cm³/mol. The van der Waals surface area contributed by atoms with Crippen molar-refractivity contribution in [1.29, 1.82) is 0 Å². The van der Waals surface area contributed by atoms with Gasteiger partial charge in [0.15, 0.2) is 0 Å². The number of nitrogens with one attached hydrogen (secondary N) is 1. The number of rotatable bonds is 5. The molecule has 0 aliphatic rings. The van der Waals surface area contributed by atoms with E-state index in [0.717, 1.165) is 4.47 Å². The molecular formula is C14H20BrNO4S. The Bertz CT molecular complexity index is 637. The van der Waals surface area contributed by atoms with Gasteiger partial charge < -0.3 is 5.11 Å². The van der Waals surface area contributed by atoms with Crippen LogP contribution >= 0.6 is 15.9 Å². The summed E-state index contributed by atoms with van der Waals surface area (Å²) in [6.45, 7) is 6.28. The molecule has 0 aromatic heterocycles. The highest BCUT2D eigenvalue weighted by atomic mass is 79.9. The number of carboxylic acids is 1. The molecule has 21 heavy (non-hydrogen) atoms. The average Bonchev–Trinajstić information content (AvgIpc) is 2.25. The van der Waals surface area contributed by atoms with Crippen LogP contribution < -0.4 is 4.72 Å². The van der Waals surface area contributed by atoms with E-state index in [9.17, 15) is 13.2 Å². The molecule has 0 amide bonds. The zero-order valence-electron chi connectivity index (χ0n) is 12.5. The SMILES string of the molecule is CC(CC(=O)O)(NS(=O)(=O)C(C)(C)C)c1cccc(Br)c1. The van der Waals surface area contributed by atoms with Crippen molar-refractivity contribution in [2.45, 2.75) is 44.4 Å². The third-order valence-corrected chi connectivity index (χ3v) is 5.96. The minimum atomic E-state index is -3.69. The number of hydrogen-bond donors (Lipinski definition) is 2. The van der Waals surface area contributed by atoms with Crippen LogP contribution in [0, 0.1) is 0 Å². The summed E-state index contributed by atoms with van der Waals surface area (Å²) in [4.78, 5) is 11.2. The number of sulfonamides is 1. The lowest BCUT2D eigenvalue weighted by Crippen LogP contribution is -2.50. The van der Waals surface area contributed by atoms with Crippen LogP contribution in [0.25, 0.3) is 0 Å². The Balaban J connectivity index is 3.32. The molecule has 0 fully saturated rings. The Labute approximate surface area is 133 Å². The van der Waals surface area contributed by atoms with Gasteiger partial charge in [-0.2, -0.15) is 0 Å². The quantitative estimate of drug-likeness (QED) is 0.825. The molecule has 0 radical (unpaired) electrons. The first-order valence-corrected chi connectivity index (χ1v) is 8.66. The fourth-order valence-electron chi connectivity index (χ4n) is 1.78. The highest BCUT2D eigenvalue weighted by Crippen LogP contribution is 2.30. The molecule has 0 saturated carbocycles. The van der Waals surface area contributed by atoms with Crippen molar-refractivity contribution >= 4 is 31.9 Å². The van der Waals surface area contributed by atoms with Crippen LogP contribution in [0.15, 0.2) is 28.7 Å². The molecule has 1 atom stereocenters. The van der Waals surface area contributed by atoms with Gasteiger partial charge in [-0.1, -0.05) is 28.1 Å². The Kier molecular flexibility index (Phi) is 5.23. The molecule has 1 rings (SSSR count). The summed E-state index contributed by atoms with van der Waals surface area (Å²) in [5.41, 5.74) is -0.631. The maximum absolute atomic E-state index is 12.4. The molecule has 0 aliphatic carbocycles. The monoisotopic (exact) mass is 377 g/mol. The smallest absolute Gasteiger partial charge is 0.305 e. The number of benzene rings is 1. The lowest BCUT2D eigenvalue weighted by Gasteiger charge is -2.33. The van der Waals surface area contributed by atoms with Gasteiger partial charge in [0.05, 0.1) is 16.7 Å². The molecule has 0 spiro atoms. The third kappa shape index (κ3) is 4.52. The number of carboxylic acid groups (broad SMARTS) is 1. The Morgan fingerprint density at radius 2 is 1.86 bits per heavy atom. The second kappa shape index (κ2) is 6.06. The first kappa shape index (κ1) is 18.1. The van der Waals surface area contributed by atoms with Gasteiger partial charge in [0.1, 0.15) is 0 Å². The van der Waals surface area contributed by atoms with Crippen LogP contribution in [0.5, 0.6) is 0 Å². The van der Waals surface area contributed by atoms with Gasteiger partial charge in [-0.05, 0) is 45.4 Å². The molecule has 0 aliphatic heterocycles. The van der Waals surface area contributed by atoms with Crippen molar-refractivity contribution in [2.24, 2.45) is 0 Å². The molecule has 7 heteroatoms. The highest BCUT2D eigenvalue weighted by Gasteiger charge is 2.39. The summed E-state index contributed by atoms with van der Waals surface area (Å²) >= 11 is 3.32. The maximum atomic E-state index is 12.4. The van der Waals surface area contributed by atoms with Crippen molar-refractivity contribution in [1.82, 2.24) is 4.72 Å². The summed E-state index contributed by atoms with van der Waals surface area (Å²) in [7, 11) is -3.69. The Morgan fingerprint density at radius 3 is 2.29 bits per heavy atom. The largest absolute Gasteiger partial charge is 0.481 e. The van der Waals surface area contributed by atoms with Gasteiger partial charge in [0, 0.05) is 4.47 Å². The standard InChI is InChI=1S/C14H20BrNO4S/c1-13(2,3)21(19,20)16-14(4,9-12(17)18)10-6-5-7-11(15)8-10/h5-8,16H,9H2,1-4H3,(H,17,18). The van der Waals surface area contributed by atoms with E-state index >= 15 is 0 Å². The van der Waals surface area contributed by atoms with Crippen molar-refractivity contribution in [3.05, 3.63) is 34.3 Å². The normalized spacial score (nSPS) is 15.5. The topological polar surface area (TPSA) is 83.5 Å². The average molecular weight is 378 g/mol. The second-order valence-electron chi connectivity index (χ2n) is 6.13. The van der Waals surface area contributed by atoms with Crippen molar-refractivity contribution in [2.75, 3.05) is 0 Å². The molecule has 1 aromatic carbocycles. The fraction of sp³-hybridized carbons (Fsp3) is 0.500. The first-order valence-electron chi connectivity index (χ1n) is 6.39. The molecule has 0 heterocycles. The summed E-state index contributed by atoms with van der Waals surface area (Å²) in [5.74, 6) is -1.07. The van der Waals surface area contributed by atoms with E-state index in [2.05, 4.69) is 20.7 Å². The first-order chi connectivity index (χ1) is 9.37. The van der Waals surface area contributed by atoms with E-state index in [-0.39, 0.29) is 6.42 Å². The minimum absolute atomic E-state index is 0.348. The van der Waals surface area contributed by atoms with Crippen molar-refractivity contribution in [3.63, 3.8) is 0 Å². The minimum Gasteiger partial charge on any atom is -0.481 e. The van der Waals surface area contributed by atoms with E-state index in [1.165, 1.54) is 0 Å². The number of hydrogen-bond acceptors (Lipinski definition) is 3. The van der Waals surface area contributed by atoms with Crippen LogP contribution in [0.3, 0.4) is 0 Å².